The van der Waals surface area contributed by atoms with Gasteiger partial charge in [0, 0.05) is 11.5 Å². The van der Waals surface area contributed by atoms with Gasteiger partial charge in [-0.1, -0.05) is 23.4 Å². The first-order valence-electron chi connectivity index (χ1n) is 6.46. The molecule has 0 saturated heterocycles. The van der Waals surface area contributed by atoms with Crippen molar-refractivity contribution in [3.8, 4) is 5.75 Å². The van der Waals surface area contributed by atoms with Gasteiger partial charge in [-0.25, -0.2) is 0 Å². The fourth-order valence-corrected chi connectivity index (χ4v) is 1.93. The lowest BCUT2D eigenvalue weighted by molar-refractivity contribution is 0.185. The number of aliphatic hydroxyl groups excluding tert-OH is 1. The van der Waals surface area contributed by atoms with Gasteiger partial charge in [-0.2, -0.15) is 4.98 Å². The summed E-state index contributed by atoms with van der Waals surface area (Å²) in [7, 11) is 0. The molecular weight excluding hydrogens is 244 g/mol. The molecule has 2 aromatic rings. The zero-order valence-electron chi connectivity index (χ0n) is 10.7. The lowest BCUT2D eigenvalue weighted by Gasteiger charge is -2.11. The summed E-state index contributed by atoms with van der Waals surface area (Å²) in [5.74, 6) is 2.37. The van der Waals surface area contributed by atoms with Crippen LogP contribution in [-0.2, 0) is 6.61 Å². The van der Waals surface area contributed by atoms with E-state index in [1.54, 1.807) is 6.92 Å². The number of hydrogen-bond donors (Lipinski definition) is 1. The Morgan fingerprint density at radius 3 is 2.95 bits per heavy atom. The van der Waals surface area contributed by atoms with Crippen molar-refractivity contribution in [1.29, 1.82) is 0 Å². The minimum Gasteiger partial charge on any atom is -0.483 e. The Labute approximate surface area is 111 Å². The Balaban J connectivity index is 1.67. The molecule has 1 aliphatic carbocycles. The van der Waals surface area contributed by atoms with Crippen molar-refractivity contribution in [2.24, 2.45) is 0 Å². The molecule has 0 radical (unpaired) electrons. The van der Waals surface area contributed by atoms with Gasteiger partial charge in [-0.3, -0.25) is 0 Å². The van der Waals surface area contributed by atoms with Crippen molar-refractivity contribution >= 4 is 0 Å². The number of nitrogens with zero attached hydrogens (tertiary/aromatic N) is 2. The van der Waals surface area contributed by atoms with E-state index in [1.165, 1.54) is 0 Å². The summed E-state index contributed by atoms with van der Waals surface area (Å²) in [6, 6.07) is 7.39. The summed E-state index contributed by atoms with van der Waals surface area (Å²) >= 11 is 0. The predicted molar refractivity (Wildman–Crippen MR) is 67.7 cm³/mol. The normalized spacial score (nSPS) is 16.3. The number of benzene rings is 1. The molecule has 0 amide bonds. The molecule has 5 nitrogen and oxygen atoms in total. The van der Waals surface area contributed by atoms with Crippen molar-refractivity contribution in [3.63, 3.8) is 0 Å². The van der Waals surface area contributed by atoms with Crippen LogP contribution in [0.1, 0.15) is 49.1 Å². The monoisotopic (exact) mass is 260 g/mol. The number of rotatable bonds is 5. The summed E-state index contributed by atoms with van der Waals surface area (Å²) in [6.45, 7) is 1.93. The highest BCUT2D eigenvalue weighted by Gasteiger charge is 2.28. The fraction of sp³-hybridized carbons (Fsp3) is 0.429. The van der Waals surface area contributed by atoms with Gasteiger partial charge < -0.3 is 14.4 Å². The minimum absolute atomic E-state index is 0.226. The van der Waals surface area contributed by atoms with Gasteiger partial charge in [0.2, 0.25) is 0 Å². The third-order valence-electron chi connectivity index (χ3n) is 3.15. The average Bonchev–Trinajstić information content (AvgIpc) is 3.16. The molecule has 100 valence electrons. The second-order valence-electron chi connectivity index (χ2n) is 4.82. The molecule has 3 rings (SSSR count). The van der Waals surface area contributed by atoms with E-state index in [0.717, 1.165) is 24.2 Å². The van der Waals surface area contributed by atoms with Crippen molar-refractivity contribution in [1.82, 2.24) is 10.1 Å². The van der Waals surface area contributed by atoms with Gasteiger partial charge in [-0.05, 0) is 25.8 Å². The van der Waals surface area contributed by atoms with Crippen LogP contribution in [0.5, 0.6) is 5.75 Å². The van der Waals surface area contributed by atoms with Crippen molar-refractivity contribution < 1.29 is 14.4 Å². The lowest BCUT2D eigenvalue weighted by Crippen LogP contribution is -2.01. The maximum Gasteiger partial charge on any atom is 0.264 e. The maximum absolute atomic E-state index is 9.66. The van der Waals surface area contributed by atoms with Gasteiger partial charge in [0.15, 0.2) is 12.4 Å². The van der Waals surface area contributed by atoms with Crippen molar-refractivity contribution in [2.45, 2.75) is 38.4 Å². The average molecular weight is 260 g/mol. The molecule has 0 aliphatic heterocycles. The van der Waals surface area contributed by atoms with Crippen molar-refractivity contribution in [2.75, 3.05) is 0 Å². The third kappa shape index (κ3) is 2.76. The van der Waals surface area contributed by atoms with E-state index in [9.17, 15) is 5.11 Å². The fourth-order valence-electron chi connectivity index (χ4n) is 1.93. The van der Waals surface area contributed by atoms with E-state index in [0.29, 0.717) is 17.6 Å². The summed E-state index contributed by atoms with van der Waals surface area (Å²) in [4.78, 5) is 4.30. The van der Waals surface area contributed by atoms with Crippen LogP contribution in [0.4, 0.5) is 0 Å². The van der Waals surface area contributed by atoms with Crippen LogP contribution in [0.2, 0.25) is 0 Å². The third-order valence-corrected chi connectivity index (χ3v) is 3.15. The zero-order valence-corrected chi connectivity index (χ0v) is 10.7. The quantitative estimate of drug-likeness (QED) is 0.894. The molecule has 1 saturated carbocycles. The van der Waals surface area contributed by atoms with Gasteiger partial charge >= 0.3 is 0 Å². The van der Waals surface area contributed by atoms with Gasteiger partial charge in [0.25, 0.3) is 5.89 Å². The van der Waals surface area contributed by atoms with Crippen LogP contribution in [-0.4, -0.2) is 15.2 Å². The molecule has 19 heavy (non-hydrogen) atoms. The highest BCUT2D eigenvalue weighted by Crippen LogP contribution is 2.38. The van der Waals surface area contributed by atoms with Crippen LogP contribution in [0, 0.1) is 0 Å². The summed E-state index contributed by atoms with van der Waals surface area (Å²) in [6.07, 6.45) is 1.72. The number of para-hydroxylation sites is 1. The van der Waals surface area contributed by atoms with Crippen LogP contribution in [0.15, 0.2) is 28.8 Å². The first-order chi connectivity index (χ1) is 9.24. The number of ether oxygens (including phenoxy) is 1. The van der Waals surface area contributed by atoms with Crippen LogP contribution < -0.4 is 4.74 Å². The highest BCUT2D eigenvalue weighted by molar-refractivity contribution is 5.34. The molecule has 5 heteroatoms. The van der Waals surface area contributed by atoms with E-state index >= 15 is 0 Å². The van der Waals surface area contributed by atoms with Gasteiger partial charge in [0.05, 0.1) is 6.10 Å². The molecule has 0 bridgehead atoms. The Morgan fingerprint density at radius 2 is 2.21 bits per heavy atom. The van der Waals surface area contributed by atoms with Crippen LogP contribution >= 0.6 is 0 Å². The zero-order chi connectivity index (χ0) is 13.2. The Hall–Kier alpha value is -1.88. The molecule has 1 aliphatic rings. The Morgan fingerprint density at radius 1 is 1.42 bits per heavy atom. The largest absolute Gasteiger partial charge is 0.483 e. The van der Waals surface area contributed by atoms with Crippen LogP contribution in [0.25, 0.3) is 0 Å². The summed E-state index contributed by atoms with van der Waals surface area (Å²) in [5.41, 5.74) is 0.754. The smallest absolute Gasteiger partial charge is 0.264 e. The SMILES string of the molecule is C[C@H](O)c1ccccc1OCc1nc(C2CC2)no1. The minimum atomic E-state index is -0.569. The molecule has 1 N–H and O–H groups in total. The molecule has 1 aromatic heterocycles. The summed E-state index contributed by atoms with van der Waals surface area (Å²) in [5, 5.41) is 13.6. The predicted octanol–water partition coefficient (Wildman–Crippen LogP) is 2.58. The van der Waals surface area contributed by atoms with Gasteiger partial charge in [-0.15, -0.1) is 0 Å². The van der Waals surface area contributed by atoms with E-state index in [-0.39, 0.29) is 6.61 Å². The van der Waals surface area contributed by atoms with E-state index < -0.39 is 6.10 Å². The lowest BCUT2D eigenvalue weighted by atomic mass is 10.1. The highest BCUT2D eigenvalue weighted by atomic mass is 16.5. The first-order valence-corrected chi connectivity index (χ1v) is 6.46. The van der Waals surface area contributed by atoms with E-state index in [4.69, 9.17) is 9.26 Å². The topological polar surface area (TPSA) is 68.4 Å². The molecule has 1 aromatic carbocycles. The Bertz CT molecular complexity index is 561. The molecule has 0 unspecified atom stereocenters. The molecular formula is C14H16N2O3. The maximum atomic E-state index is 9.66. The number of aromatic nitrogens is 2. The van der Waals surface area contributed by atoms with Gasteiger partial charge in [0.1, 0.15) is 5.75 Å². The first kappa shape index (κ1) is 12.2. The number of aliphatic hydroxyl groups is 1. The van der Waals surface area contributed by atoms with Crippen LogP contribution in [0.3, 0.4) is 0 Å². The second kappa shape index (κ2) is 5.01. The molecule has 1 fully saturated rings. The van der Waals surface area contributed by atoms with E-state index in [2.05, 4.69) is 10.1 Å². The molecule has 0 spiro atoms. The van der Waals surface area contributed by atoms with Crippen molar-refractivity contribution in [3.05, 3.63) is 41.5 Å². The Kier molecular flexibility index (Phi) is 3.21. The molecule has 1 heterocycles. The summed E-state index contributed by atoms with van der Waals surface area (Å²) < 4.78 is 10.8. The second-order valence-corrected chi connectivity index (χ2v) is 4.82. The standard InChI is InChI=1S/C14H16N2O3/c1-9(17)11-4-2-3-5-12(11)18-8-13-15-14(16-19-13)10-6-7-10/h2-5,9-10,17H,6-8H2,1H3/t9-/m0/s1. The molecule has 1 atom stereocenters. The van der Waals surface area contributed by atoms with E-state index in [1.807, 2.05) is 24.3 Å². The number of hydrogen-bond acceptors (Lipinski definition) is 5.